The van der Waals surface area contributed by atoms with Gasteiger partial charge in [0.2, 0.25) is 5.88 Å². The number of nitrogens with zero attached hydrogens (tertiary/aromatic N) is 5. The first-order chi connectivity index (χ1) is 19.4. The van der Waals surface area contributed by atoms with E-state index in [0.717, 1.165) is 31.2 Å². The van der Waals surface area contributed by atoms with Crippen molar-refractivity contribution < 1.29 is 14.3 Å². The monoisotopic (exact) mass is 543 g/mol. The molecule has 10 heteroatoms. The van der Waals surface area contributed by atoms with Crippen molar-refractivity contribution >= 4 is 22.8 Å². The van der Waals surface area contributed by atoms with Crippen LogP contribution in [0.15, 0.2) is 42.6 Å². The molecule has 4 aromatic rings. The summed E-state index contributed by atoms with van der Waals surface area (Å²) in [7, 11) is 6.78. The lowest BCUT2D eigenvalue weighted by atomic mass is 9.85. The summed E-state index contributed by atoms with van der Waals surface area (Å²) in [5.41, 5.74) is 3.68. The first-order valence-electron chi connectivity index (χ1n) is 13.9. The van der Waals surface area contributed by atoms with Gasteiger partial charge < -0.3 is 19.9 Å². The molecule has 2 amide bonds. The first-order valence-corrected chi connectivity index (χ1v) is 13.9. The Morgan fingerprint density at radius 2 is 1.80 bits per heavy atom. The number of hydrogen-bond acceptors (Lipinski definition) is 6. The topological polar surface area (TPSA) is 118 Å². The van der Waals surface area contributed by atoms with Crippen LogP contribution in [-0.4, -0.2) is 62.7 Å². The Bertz CT molecular complexity index is 1500. The van der Waals surface area contributed by atoms with Gasteiger partial charge in [0.25, 0.3) is 11.8 Å². The number of hydrogen-bond donors (Lipinski definition) is 2. The van der Waals surface area contributed by atoms with Crippen LogP contribution in [0, 0.1) is 5.92 Å². The fourth-order valence-corrected chi connectivity index (χ4v) is 5.61. The fourth-order valence-electron chi connectivity index (χ4n) is 5.61. The maximum Gasteiger partial charge on any atom is 0.270 e. The van der Waals surface area contributed by atoms with E-state index in [0.29, 0.717) is 39.7 Å². The summed E-state index contributed by atoms with van der Waals surface area (Å²) in [5.74, 6) is 0.968. The minimum atomic E-state index is -0.316. The molecule has 1 aliphatic carbocycles. The summed E-state index contributed by atoms with van der Waals surface area (Å²) in [6, 6.07) is 10.7. The Kier molecular flexibility index (Phi) is 8.14. The third kappa shape index (κ3) is 5.57. The smallest absolute Gasteiger partial charge is 0.270 e. The molecule has 210 valence electrons. The number of rotatable bonds is 7. The molecular weight excluding hydrogens is 506 g/mol. The largest absolute Gasteiger partial charge is 0.479 e. The average Bonchev–Trinajstić information content (AvgIpc) is 3.57. The van der Waals surface area contributed by atoms with Crippen molar-refractivity contribution in [2.75, 3.05) is 21.2 Å². The number of pyridine rings is 1. The van der Waals surface area contributed by atoms with Crippen LogP contribution in [0.3, 0.4) is 0 Å². The summed E-state index contributed by atoms with van der Waals surface area (Å²) in [6.07, 6.45) is 9.53. The Morgan fingerprint density at radius 3 is 2.48 bits per heavy atom. The van der Waals surface area contributed by atoms with Crippen LogP contribution >= 0.6 is 0 Å². The van der Waals surface area contributed by atoms with E-state index >= 15 is 0 Å². The molecule has 0 bridgehead atoms. The van der Waals surface area contributed by atoms with E-state index in [4.69, 9.17) is 14.7 Å². The van der Waals surface area contributed by atoms with Gasteiger partial charge in [0.1, 0.15) is 11.5 Å². The van der Waals surface area contributed by atoms with Crippen LogP contribution in [0.25, 0.3) is 22.3 Å². The lowest BCUT2D eigenvalue weighted by molar-refractivity contribution is 0.0827. The average molecular weight is 544 g/mol. The summed E-state index contributed by atoms with van der Waals surface area (Å²) in [6.45, 7) is 0. The molecule has 1 fully saturated rings. The van der Waals surface area contributed by atoms with Crippen molar-refractivity contribution in [1.82, 2.24) is 34.9 Å². The van der Waals surface area contributed by atoms with Gasteiger partial charge in [-0.1, -0.05) is 50.3 Å². The number of methoxy groups -OCH3 is 1. The molecule has 0 spiro atoms. The number of aryl methyl sites for hydroxylation is 1. The molecule has 1 saturated carbocycles. The minimum absolute atomic E-state index is 0.107. The number of H-pyrrole nitrogens is 1. The lowest BCUT2D eigenvalue weighted by Crippen LogP contribution is -2.35. The van der Waals surface area contributed by atoms with Crippen LogP contribution < -0.4 is 10.1 Å². The highest BCUT2D eigenvalue weighted by molar-refractivity contribution is 6.01. The predicted molar refractivity (Wildman–Crippen MR) is 153 cm³/mol. The number of carbonyl (C=O) groups excluding carboxylic acids is 2. The molecule has 1 unspecified atom stereocenters. The zero-order valence-electron chi connectivity index (χ0n) is 23.6. The summed E-state index contributed by atoms with van der Waals surface area (Å²) in [5, 5.41) is 7.44. The number of amides is 2. The number of ether oxygens (including phenoxy) is 1. The number of aromatic nitrogens is 5. The second kappa shape index (κ2) is 11.9. The zero-order valence-corrected chi connectivity index (χ0v) is 23.6. The van der Waals surface area contributed by atoms with Crippen LogP contribution in [-0.2, 0) is 7.05 Å². The number of imidazole rings is 1. The van der Waals surface area contributed by atoms with Crippen molar-refractivity contribution in [3.05, 3.63) is 59.7 Å². The molecule has 2 N–H and O–H groups in total. The molecule has 5 rings (SSSR count). The number of nitrogens with one attached hydrogen (secondary N) is 2. The Morgan fingerprint density at radius 1 is 1.07 bits per heavy atom. The van der Waals surface area contributed by atoms with Crippen LogP contribution in [0.1, 0.15) is 77.7 Å². The predicted octanol–water partition coefficient (Wildman–Crippen LogP) is 4.90. The lowest BCUT2D eigenvalue weighted by Gasteiger charge is -2.28. The molecule has 0 saturated heterocycles. The molecule has 3 aromatic heterocycles. The number of carbonyl (C=O) groups is 2. The van der Waals surface area contributed by atoms with E-state index in [1.54, 1.807) is 56.2 Å². The second-order valence-electron chi connectivity index (χ2n) is 10.7. The summed E-state index contributed by atoms with van der Waals surface area (Å²) < 4.78 is 7.26. The van der Waals surface area contributed by atoms with E-state index in [1.807, 2.05) is 24.3 Å². The van der Waals surface area contributed by atoms with Gasteiger partial charge in [0.15, 0.2) is 5.52 Å². The molecule has 3 heterocycles. The van der Waals surface area contributed by atoms with Gasteiger partial charge in [0, 0.05) is 38.5 Å². The van der Waals surface area contributed by atoms with Gasteiger partial charge in [-0.15, -0.1) is 0 Å². The highest BCUT2D eigenvalue weighted by Crippen LogP contribution is 2.36. The molecule has 40 heavy (non-hydrogen) atoms. The maximum absolute atomic E-state index is 13.4. The van der Waals surface area contributed by atoms with Gasteiger partial charge >= 0.3 is 0 Å². The first kappa shape index (κ1) is 27.4. The minimum Gasteiger partial charge on any atom is -0.479 e. The van der Waals surface area contributed by atoms with Crippen molar-refractivity contribution in [2.45, 2.75) is 51.0 Å². The molecule has 1 atom stereocenters. The van der Waals surface area contributed by atoms with Crippen molar-refractivity contribution in [1.29, 1.82) is 0 Å². The molecule has 0 aliphatic heterocycles. The van der Waals surface area contributed by atoms with Crippen molar-refractivity contribution in [2.24, 2.45) is 13.0 Å². The van der Waals surface area contributed by atoms with E-state index in [-0.39, 0.29) is 23.8 Å². The van der Waals surface area contributed by atoms with Gasteiger partial charge in [-0.05, 0) is 37.0 Å². The van der Waals surface area contributed by atoms with Gasteiger partial charge in [-0.3, -0.25) is 14.3 Å². The van der Waals surface area contributed by atoms with E-state index in [1.165, 1.54) is 19.3 Å². The standard InChI is InChI=1S/C30H37N7O3/c1-36(2)30(39)21-15-11-10-14-20(21)22-18-23-26(29(33-22)40-4)34-27(32-23)25(19-12-8-6-5-7-9-13-19)35-28(38)24-16-17-31-37(24)3/h10-11,14-19,25H,5-9,12-13H2,1-4H3,(H,32,34)(H,35,38). The quantitative estimate of drug-likeness (QED) is 0.342. The van der Waals surface area contributed by atoms with Crippen LogP contribution in [0.4, 0.5) is 0 Å². The van der Waals surface area contributed by atoms with Gasteiger partial charge in [0.05, 0.1) is 24.4 Å². The Balaban J connectivity index is 1.58. The van der Waals surface area contributed by atoms with E-state index in [9.17, 15) is 9.59 Å². The summed E-state index contributed by atoms with van der Waals surface area (Å²) >= 11 is 0. The highest BCUT2D eigenvalue weighted by Gasteiger charge is 2.30. The van der Waals surface area contributed by atoms with Gasteiger partial charge in [-0.2, -0.15) is 5.10 Å². The van der Waals surface area contributed by atoms with Crippen molar-refractivity contribution in [3.8, 4) is 17.1 Å². The molecule has 0 radical (unpaired) electrons. The number of fused-ring (bicyclic) bond motifs is 1. The Hall–Kier alpha value is -4.21. The highest BCUT2D eigenvalue weighted by atomic mass is 16.5. The van der Waals surface area contributed by atoms with Crippen LogP contribution in [0.5, 0.6) is 5.88 Å². The molecule has 1 aromatic carbocycles. The zero-order chi connectivity index (χ0) is 28.2. The normalized spacial score (nSPS) is 15.3. The van der Waals surface area contributed by atoms with E-state index < -0.39 is 0 Å². The fraction of sp³-hybridized carbons (Fsp3) is 0.433. The third-order valence-corrected chi connectivity index (χ3v) is 7.74. The number of benzene rings is 1. The van der Waals surface area contributed by atoms with Gasteiger partial charge in [-0.25, -0.2) is 9.97 Å². The van der Waals surface area contributed by atoms with Crippen LogP contribution in [0.2, 0.25) is 0 Å². The van der Waals surface area contributed by atoms with Crippen molar-refractivity contribution in [3.63, 3.8) is 0 Å². The third-order valence-electron chi connectivity index (χ3n) is 7.74. The van der Waals surface area contributed by atoms with E-state index in [2.05, 4.69) is 15.4 Å². The Labute approximate surface area is 234 Å². The second-order valence-corrected chi connectivity index (χ2v) is 10.7. The maximum atomic E-state index is 13.4. The molecular formula is C30H37N7O3. The number of aromatic amines is 1. The SMILES string of the molecule is COc1nc(-c2ccccc2C(=O)N(C)C)cc2[nH]c(C(NC(=O)c3ccnn3C)C3CCCCCCC3)nc12. The molecule has 10 nitrogen and oxygen atoms in total. The summed E-state index contributed by atoms with van der Waals surface area (Å²) in [4.78, 5) is 41.0. The molecule has 1 aliphatic rings.